The molecule has 0 bridgehead atoms. The zero-order chi connectivity index (χ0) is 21.7. The largest absolute Gasteiger partial charge is 0.497 e. The molecule has 1 aromatic carbocycles. The Balaban J connectivity index is 1.45. The first-order valence-electron chi connectivity index (χ1n) is 10.0. The number of methoxy groups -OCH3 is 1. The molecule has 1 spiro atoms. The monoisotopic (exact) mass is 417 g/mol. The van der Waals surface area contributed by atoms with Crippen LogP contribution < -0.4 is 15.4 Å². The second-order valence-corrected chi connectivity index (χ2v) is 7.73. The van der Waals surface area contributed by atoms with Crippen LogP contribution in [0.5, 0.6) is 5.75 Å². The first kappa shape index (κ1) is 21.6. The highest BCUT2D eigenvalue weighted by molar-refractivity contribution is 6.09. The van der Waals surface area contributed by atoms with Gasteiger partial charge in [0.1, 0.15) is 17.8 Å². The van der Waals surface area contributed by atoms with Crippen molar-refractivity contribution in [3.63, 3.8) is 0 Å². The van der Waals surface area contributed by atoms with Crippen LogP contribution in [0.25, 0.3) is 0 Å². The van der Waals surface area contributed by atoms with Gasteiger partial charge in [-0.2, -0.15) is 0 Å². The number of ether oxygens (including phenoxy) is 2. The maximum Gasteiger partial charge on any atom is 0.326 e. The summed E-state index contributed by atoms with van der Waals surface area (Å²) < 4.78 is 10.0. The third-order valence-electron chi connectivity index (χ3n) is 5.80. The van der Waals surface area contributed by atoms with E-state index in [1.54, 1.807) is 19.2 Å². The van der Waals surface area contributed by atoms with Crippen LogP contribution in [0.15, 0.2) is 24.3 Å². The molecule has 1 aromatic rings. The first-order chi connectivity index (χ1) is 14.4. The van der Waals surface area contributed by atoms with Crippen molar-refractivity contribution in [3.05, 3.63) is 29.8 Å². The summed E-state index contributed by atoms with van der Waals surface area (Å²) in [6.45, 7) is 1.21. The third-order valence-corrected chi connectivity index (χ3v) is 5.80. The third kappa shape index (κ3) is 4.55. The van der Waals surface area contributed by atoms with Crippen molar-refractivity contribution >= 4 is 23.8 Å². The van der Waals surface area contributed by atoms with Crippen LogP contribution in [0.3, 0.4) is 0 Å². The summed E-state index contributed by atoms with van der Waals surface area (Å²) in [7, 11) is 1.57. The van der Waals surface area contributed by atoms with Gasteiger partial charge in [-0.3, -0.25) is 19.3 Å². The van der Waals surface area contributed by atoms with Crippen LogP contribution in [-0.2, 0) is 25.7 Å². The van der Waals surface area contributed by atoms with Crippen LogP contribution in [0.1, 0.15) is 38.2 Å². The maximum atomic E-state index is 12.8. The van der Waals surface area contributed by atoms with Gasteiger partial charge in [0.15, 0.2) is 6.61 Å². The smallest absolute Gasteiger partial charge is 0.326 e. The zero-order valence-electron chi connectivity index (χ0n) is 17.2. The van der Waals surface area contributed by atoms with E-state index in [-0.39, 0.29) is 18.4 Å². The second kappa shape index (κ2) is 9.15. The van der Waals surface area contributed by atoms with Gasteiger partial charge in [-0.1, -0.05) is 31.9 Å². The molecule has 9 nitrogen and oxygen atoms in total. The fraction of sp³-hybridized carbons (Fsp3) is 0.524. The summed E-state index contributed by atoms with van der Waals surface area (Å²) >= 11 is 0. The topological polar surface area (TPSA) is 114 Å². The summed E-state index contributed by atoms with van der Waals surface area (Å²) in [6, 6.07) is 6.59. The van der Waals surface area contributed by atoms with Gasteiger partial charge in [0.05, 0.1) is 7.11 Å². The van der Waals surface area contributed by atoms with E-state index in [0.717, 1.165) is 29.7 Å². The highest BCUT2D eigenvalue weighted by Gasteiger charge is 2.55. The Bertz CT molecular complexity index is 825. The van der Waals surface area contributed by atoms with E-state index in [9.17, 15) is 19.2 Å². The number of benzene rings is 1. The highest BCUT2D eigenvalue weighted by atomic mass is 16.5. The van der Waals surface area contributed by atoms with Crippen LogP contribution in [0, 0.1) is 5.92 Å². The van der Waals surface area contributed by atoms with E-state index in [1.165, 1.54) is 0 Å². The Hall–Kier alpha value is -3.10. The summed E-state index contributed by atoms with van der Waals surface area (Å²) in [5.41, 5.74) is -0.0625. The number of amides is 4. The number of imide groups is 1. The minimum absolute atomic E-state index is 0.00690. The van der Waals surface area contributed by atoms with E-state index >= 15 is 0 Å². The summed E-state index contributed by atoms with van der Waals surface area (Å²) in [6.07, 6.45) is 3.28. The molecule has 0 aromatic heterocycles. The van der Waals surface area contributed by atoms with Crippen LogP contribution in [-0.4, -0.2) is 54.5 Å². The Labute approximate surface area is 175 Å². The molecule has 2 aliphatic rings. The van der Waals surface area contributed by atoms with Crippen molar-refractivity contribution < 1.29 is 28.7 Å². The van der Waals surface area contributed by atoms with E-state index < -0.39 is 36.6 Å². The van der Waals surface area contributed by atoms with E-state index in [1.807, 2.05) is 19.1 Å². The van der Waals surface area contributed by atoms with E-state index in [0.29, 0.717) is 12.2 Å². The van der Waals surface area contributed by atoms with Gasteiger partial charge in [0.25, 0.3) is 11.8 Å². The standard InChI is InChI=1S/C21H27N3O6/c1-14-5-3-4-10-21(14)19(27)24(20(28)23-21)12-18(26)30-13-17(25)22-11-15-6-8-16(29-2)9-7-15/h6-9,14H,3-5,10-13H2,1-2H3,(H,22,25)(H,23,28)/t14-,21-/m1/s1. The summed E-state index contributed by atoms with van der Waals surface area (Å²) in [5, 5.41) is 5.42. The van der Waals surface area contributed by atoms with Crippen LogP contribution in [0.4, 0.5) is 4.79 Å². The normalized spacial score (nSPS) is 23.3. The fourth-order valence-corrected chi connectivity index (χ4v) is 3.95. The summed E-state index contributed by atoms with van der Waals surface area (Å²) in [5.74, 6) is -0.954. The Kier molecular flexibility index (Phi) is 6.59. The highest BCUT2D eigenvalue weighted by Crippen LogP contribution is 2.38. The van der Waals surface area contributed by atoms with Crippen molar-refractivity contribution in [2.24, 2.45) is 5.92 Å². The minimum atomic E-state index is -0.925. The predicted molar refractivity (Wildman–Crippen MR) is 106 cm³/mol. The van der Waals surface area contributed by atoms with Gasteiger partial charge in [-0.15, -0.1) is 0 Å². The molecule has 9 heteroatoms. The number of urea groups is 1. The number of carbonyl (C=O) groups is 4. The number of esters is 1. The molecular formula is C21H27N3O6. The maximum absolute atomic E-state index is 12.8. The van der Waals surface area contributed by atoms with E-state index in [2.05, 4.69) is 10.6 Å². The Morgan fingerprint density at radius 2 is 1.97 bits per heavy atom. The Morgan fingerprint density at radius 3 is 2.63 bits per heavy atom. The molecule has 3 rings (SSSR count). The molecule has 30 heavy (non-hydrogen) atoms. The van der Waals surface area contributed by atoms with Gasteiger partial charge in [0.2, 0.25) is 0 Å². The molecule has 2 N–H and O–H groups in total. The lowest BCUT2D eigenvalue weighted by Crippen LogP contribution is -2.54. The predicted octanol–water partition coefficient (Wildman–Crippen LogP) is 1.36. The minimum Gasteiger partial charge on any atom is -0.497 e. The van der Waals surface area contributed by atoms with E-state index in [4.69, 9.17) is 9.47 Å². The summed E-state index contributed by atoms with van der Waals surface area (Å²) in [4.78, 5) is 50.0. The molecule has 1 saturated heterocycles. The van der Waals surface area contributed by atoms with Gasteiger partial charge < -0.3 is 20.1 Å². The molecule has 1 saturated carbocycles. The number of nitrogens with zero attached hydrogens (tertiary/aromatic N) is 1. The molecule has 0 radical (unpaired) electrons. The van der Waals surface area contributed by atoms with Crippen molar-refractivity contribution in [1.29, 1.82) is 0 Å². The van der Waals surface area contributed by atoms with Crippen molar-refractivity contribution in [2.45, 2.75) is 44.7 Å². The van der Waals surface area contributed by atoms with Crippen LogP contribution >= 0.6 is 0 Å². The lowest BCUT2D eigenvalue weighted by molar-refractivity contribution is -0.151. The fourth-order valence-electron chi connectivity index (χ4n) is 3.95. The van der Waals surface area contributed by atoms with Gasteiger partial charge in [0, 0.05) is 6.54 Å². The van der Waals surface area contributed by atoms with Gasteiger partial charge >= 0.3 is 12.0 Å². The molecule has 2 atom stereocenters. The lowest BCUT2D eigenvalue weighted by Gasteiger charge is -2.36. The van der Waals surface area contributed by atoms with Crippen molar-refractivity contribution in [1.82, 2.24) is 15.5 Å². The SMILES string of the molecule is COc1ccc(CNC(=O)COC(=O)CN2C(=O)N[C@@]3(CCCC[C@H]3C)C2=O)cc1. The van der Waals surface area contributed by atoms with Crippen LogP contribution in [0.2, 0.25) is 0 Å². The number of nitrogens with one attached hydrogen (secondary N) is 2. The number of hydrogen-bond acceptors (Lipinski definition) is 6. The van der Waals surface area contributed by atoms with Crippen molar-refractivity contribution in [3.8, 4) is 5.75 Å². The molecular weight excluding hydrogens is 390 g/mol. The van der Waals surface area contributed by atoms with Crippen molar-refractivity contribution in [2.75, 3.05) is 20.3 Å². The second-order valence-electron chi connectivity index (χ2n) is 7.73. The molecule has 0 unspecified atom stereocenters. The van der Waals surface area contributed by atoms with Gasteiger partial charge in [-0.25, -0.2) is 4.79 Å². The molecule has 2 fully saturated rings. The quantitative estimate of drug-likeness (QED) is 0.511. The number of hydrogen-bond donors (Lipinski definition) is 2. The first-order valence-corrected chi connectivity index (χ1v) is 10.0. The number of carbonyl (C=O) groups excluding carboxylic acids is 4. The lowest BCUT2D eigenvalue weighted by atomic mass is 9.73. The molecule has 1 aliphatic carbocycles. The average Bonchev–Trinajstić information content (AvgIpc) is 2.98. The average molecular weight is 417 g/mol. The Morgan fingerprint density at radius 1 is 1.23 bits per heavy atom. The molecule has 162 valence electrons. The van der Waals surface area contributed by atoms with Gasteiger partial charge in [-0.05, 0) is 36.5 Å². The molecule has 4 amide bonds. The number of rotatable bonds is 7. The zero-order valence-corrected chi connectivity index (χ0v) is 17.2. The molecule has 1 aliphatic heterocycles. The molecule has 1 heterocycles.